The quantitative estimate of drug-likeness (QED) is 0.883. The zero-order valence-corrected chi connectivity index (χ0v) is 11.1. The second-order valence-corrected chi connectivity index (χ2v) is 4.20. The highest BCUT2D eigenvalue weighted by atomic mass is 16.5. The molecule has 2 aromatic rings. The van der Waals surface area contributed by atoms with E-state index in [1.807, 2.05) is 27.0 Å². The van der Waals surface area contributed by atoms with Crippen molar-refractivity contribution in [1.29, 1.82) is 0 Å². The van der Waals surface area contributed by atoms with E-state index in [9.17, 15) is 0 Å². The molecule has 2 heterocycles. The predicted molar refractivity (Wildman–Crippen MR) is 67.6 cm³/mol. The van der Waals surface area contributed by atoms with Crippen molar-refractivity contribution in [2.24, 2.45) is 7.05 Å². The Kier molecular flexibility index (Phi) is 3.57. The normalized spacial score (nSPS) is 10.7. The Bertz CT molecular complexity index is 549. The molecule has 0 aliphatic carbocycles. The summed E-state index contributed by atoms with van der Waals surface area (Å²) < 4.78 is 7.24. The monoisotopic (exact) mass is 247 g/mol. The first-order chi connectivity index (χ1) is 8.60. The summed E-state index contributed by atoms with van der Waals surface area (Å²) in [6.45, 7) is 4.68. The van der Waals surface area contributed by atoms with E-state index in [2.05, 4.69) is 20.4 Å². The van der Waals surface area contributed by atoms with Crippen LogP contribution in [0.3, 0.4) is 0 Å². The lowest BCUT2D eigenvalue weighted by Gasteiger charge is -2.11. The van der Waals surface area contributed by atoms with Gasteiger partial charge in [-0.05, 0) is 32.5 Å². The maximum absolute atomic E-state index is 5.65. The molecule has 6 nitrogen and oxygen atoms in total. The van der Waals surface area contributed by atoms with E-state index in [-0.39, 0.29) is 0 Å². The van der Waals surface area contributed by atoms with Crippen LogP contribution < -0.4 is 10.1 Å². The molecular weight excluding hydrogens is 230 g/mol. The highest BCUT2D eigenvalue weighted by molar-refractivity contribution is 5.36. The van der Waals surface area contributed by atoms with Gasteiger partial charge in [0, 0.05) is 24.8 Å². The number of aryl methyl sites for hydroxylation is 3. The average molecular weight is 247 g/mol. The standard InChI is InChI=1S/C12H17N5O/c1-8-5-9(2)15-11(10(8)6-13-3)18-12-14-7-17(4)16-12/h5,7,13H,6H2,1-4H3. The van der Waals surface area contributed by atoms with Gasteiger partial charge in [0.1, 0.15) is 6.33 Å². The first-order valence-electron chi connectivity index (χ1n) is 5.75. The minimum atomic E-state index is 0.312. The number of rotatable bonds is 4. The summed E-state index contributed by atoms with van der Waals surface area (Å²) in [7, 11) is 3.69. The molecule has 0 saturated heterocycles. The third kappa shape index (κ3) is 2.65. The van der Waals surface area contributed by atoms with Gasteiger partial charge >= 0.3 is 6.01 Å². The fourth-order valence-corrected chi connectivity index (χ4v) is 1.76. The Labute approximate surface area is 106 Å². The largest absolute Gasteiger partial charge is 0.404 e. The first-order valence-corrected chi connectivity index (χ1v) is 5.75. The van der Waals surface area contributed by atoms with Crippen LogP contribution in [0.25, 0.3) is 0 Å². The minimum absolute atomic E-state index is 0.312. The van der Waals surface area contributed by atoms with Gasteiger partial charge in [-0.1, -0.05) is 0 Å². The van der Waals surface area contributed by atoms with Gasteiger partial charge in [0.05, 0.1) is 0 Å². The molecule has 0 amide bonds. The first kappa shape index (κ1) is 12.5. The van der Waals surface area contributed by atoms with E-state index in [1.165, 1.54) is 0 Å². The molecule has 18 heavy (non-hydrogen) atoms. The van der Waals surface area contributed by atoms with Crippen LogP contribution in [-0.2, 0) is 13.6 Å². The molecular formula is C12H17N5O. The average Bonchev–Trinajstić information content (AvgIpc) is 2.69. The van der Waals surface area contributed by atoms with Crippen LogP contribution in [0.2, 0.25) is 0 Å². The summed E-state index contributed by atoms with van der Waals surface area (Å²) in [5.74, 6) is 0.563. The van der Waals surface area contributed by atoms with Crippen LogP contribution in [0.4, 0.5) is 0 Å². The van der Waals surface area contributed by atoms with Crippen molar-refractivity contribution in [3.8, 4) is 11.9 Å². The third-order valence-electron chi connectivity index (χ3n) is 2.56. The Balaban J connectivity index is 2.35. The third-order valence-corrected chi connectivity index (χ3v) is 2.56. The highest BCUT2D eigenvalue weighted by Gasteiger charge is 2.12. The molecule has 0 aromatic carbocycles. The van der Waals surface area contributed by atoms with Crippen molar-refractivity contribution in [1.82, 2.24) is 25.1 Å². The van der Waals surface area contributed by atoms with E-state index in [0.29, 0.717) is 18.4 Å². The summed E-state index contributed by atoms with van der Waals surface area (Å²) in [6.07, 6.45) is 1.59. The zero-order valence-electron chi connectivity index (χ0n) is 11.1. The van der Waals surface area contributed by atoms with Crippen molar-refractivity contribution < 1.29 is 4.74 Å². The molecule has 0 aliphatic heterocycles. The molecule has 2 aromatic heterocycles. The van der Waals surface area contributed by atoms with E-state index >= 15 is 0 Å². The molecule has 6 heteroatoms. The minimum Gasteiger partial charge on any atom is -0.404 e. The number of ether oxygens (including phenoxy) is 1. The molecule has 96 valence electrons. The smallest absolute Gasteiger partial charge is 0.342 e. The van der Waals surface area contributed by atoms with Crippen molar-refractivity contribution >= 4 is 0 Å². The van der Waals surface area contributed by atoms with E-state index in [4.69, 9.17) is 4.74 Å². The number of aromatic nitrogens is 4. The lowest BCUT2D eigenvalue weighted by Crippen LogP contribution is -2.10. The van der Waals surface area contributed by atoms with Gasteiger partial charge in [0.25, 0.3) is 0 Å². The Hall–Kier alpha value is -1.95. The van der Waals surface area contributed by atoms with Crippen LogP contribution in [0, 0.1) is 13.8 Å². The molecule has 0 unspecified atom stereocenters. The predicted octanol–water partition coefficient (Wildman–Crippen LogP) is 1.34. The summed E-state index contributed by atoms with van der Waals surface area (Å²) >= 11 is 0. The topological polar surface area (TPSA) is 64.9 Å². The van der Waals surface area contributed by atoms with Crippen LogP contribution in [0.1, 0.15) is 16.8 Å². The zero-order chi connectivity index (χ0) is 13.1. The van der Waals surface area contributed by atoms with Gasteiger partial charge in [-0.15, -0.1) is 5.10 Å². The van der Waals surface area contributed by atoms with Crippen LogP contribution in [0.5, 0.6) is 11.9 Å². The molecule has 0 bridgehead atoms. The van der Waals surface area contributed by atoms with E-state index in [1.54, 1.807) is 18.1 Å². The summed E-state index contributed by atoms with van der Waals surface area (Å²) in [5.41, 5.74) is 3.08. The van der Waals surface area contributed by atoms with Gasteiger partial charge in [-0.3, -0.25) is 4.68 Å². The molecule has 2 rings (SSSR count). The van der Waals surface area contributed by atoms with Crippen molar-refractivity contribution in [2.45, 2.75) is 20.4 Å². The summed E-state index contributed by atoms with van der Waals surface area (Å²) in [6, 6.07) is 2.35. The fourth-order valence-electron chi connectivity index (χ4n) is 1.76. The SMILES string of the molecule is CNCc1c(C)cc(C)nc1Oc1ncn(C)n1. The second-order valence-electron chi connectivity index (χ2n) is 4.20. The lowest BCUT2D eigenvalue weighted by molar-refractivity contribution is 0.414. The maximum Gasteiger partial charge on any atom is 0.342 e. The number of nitrogens with zero attached hydrogens (tertiary/aromatic N) is 4. The summed E-state index contributed by atoms with van der Waals surface area (Å²) in [5, 5.41) is 7.20. The number of hydrogen-bond acceptors (Lipinski definition) is 5. The molecule has 0 fully saturated rings. The lowest BCUT2D eigenvalue weighted by atomic mass is 10.1. The molecule has 0 aliphatic rings. The van der Waals surface area contributed by atoms with Gasteiger partial charge < -0.3 is 10.1 Å². The number of hydrogen-bond donors (Lipinski definition) is 1. The van der Waals surface area contributed by atoms with Gasteiger partial charge in [0.15, 0.2) is 0 Å². The van der Waals surface area contributed by atoms with Gasteiger partial charge in [-0.2, -0.15) is 4.98 Å². The maximum atomic E-state index is 5.65. The van der Waals surface area contributed by atoms with Crippen molar-refractivity contribution in [3.63, 3.8) is 0 Å². The number of nitrogens with one attached hydrogen (secondary N) is 1. The molecule has 0 spiro atoms. The fraction of sp³-hybridized carbons (Fsp3) is 0.417. The van der Waals surface area contributed by atoms with Gasteiger partial charge in [0.2, 0.25) is 5.88 Å². The second kappa shape index (κ2) is 5.14. The molecule has 0 radical (unpaired) electrons. The highest BCUT2D eigenvalue weighted by Crippen LogP contribution is 2.24. The molecule has 1 N–H and O–H groups in total. The van der Waals surface area contributed by atoms with Gasteiger partial charge in [-0.25, -0.2) is 4.98 Å². The molecule has 0 saturated carbocycles. The number of pyridine rings is 1. The van der Waals surface area contributed by atoms with Crippen molar-refractivity contribution in [2.75, 3.05) is 7.05 Å². The van der Waals surface area contributed by atoms with Crippen LogP contribution in [0.15, 0.2) is 12.4 Å². The Morgan fingerprint density at radius 3 is 2.78 bits per heavy atom. The van der Waals surface area contributed by atoms with Crippen molar-refractivity contribution in [3.05, 3.63) is 29.2 Å². The molecule has 0 atom stereocenters. The van der Waals surface area contributed by atoms with E-state index < -0.39 is 0 Å². The summed E-state index contributed by atoms with van der Waals surface area (Å²) in [4.78, 5) is 8.45. The Morgan fingerprint density at radius 2 is 2.17 bits per heavy atom. The van der Waals surface area contributed by atoms with Crippen LogP contribution in [-0.4, -0.2) is 26.8 Å². The Morgan fingerprint density at radius 1 is 1.39 bits per heavy atom. The van der Waals surface area contributed by atoms with Crippen LogP contribution >= 0.6 is 0 Å². The van der Waals surface area contributed by atoms with E-state index in [0.717, 1.165) is 16.8 Å².